The van der Waals surface area contributed by atoms with Gasteiger partial charge in [-0.1, -0.05) is 36.4 Å². The highest BCUT2D eigenvalue weighted by Crippen LogP contribution is 2.27. The smallest absolute Gasteiger partial charge is 0.273 e. The molecule has 7 nitrogen and oxygen atoms in total. The molecular weight excluding hydrogens is 364 g/mol. The Labute approximate surface area is 157 Å². The number of nitrogens with zero attached hydrogens (tertiary/aromatic N) is 2. The maximum atomic E-state index is 12.9. The fourth-order valence-corrected chi connectivity index (χ4v) is 3.71. The lowest BCUT2D eigenvalue weighted by Gasteiger charge is -2.17. The summed E-state index contributed by atoms with van der Waals surface area (Å²) in [7, 11) is 0. The van der Waals surface area contributed by atoms with Crippen molar-refractivity contribution in [2.45, 2.75) is 6.04 Å². The van der Waals surface area contributed by atoms with Crippen LogP contribution in [-0.4, -0.2) is 21.0 Å². The number of nitro groups is 1. The van der Waals surface area contributed by atoms with Gasteiger partial charge in [-0.05, 0) is 23.1 Å². The summed E-state index contributed by atoms with van der Waals surface area (Å²) in [5.41, 5.74) is 1.55. The first-order valence-electron chi connectivity index (χ1n) is 8.15. The molecular formula is C19H14N4O3S. The fourth-order valence-electron chi connectivity index (χ4n) is 2.91. The minimum absolute atomic E-state index is 0.0872. The van der Waals surface area contributed by atoms with Gasteiger partial charge in [0, 0.05) is 22.4 Å². The maximum Gasteiger partial charge on any atom is 0.273 e. The SMILES string of the molecule is O=C(N[C@@H](c1ccccc1)c1cccs1)c1n[nH]c2ccc([N+](=O)[O-])cc12. The van der Waals surface area contributed by atoms with Gasteiger partial charge in [0.05, 0.1) is 16.5 Å². The third-order valence-corrected chi connectivity index (χ3v) is 5.15. The van der Waals surface area contributed by atoms with Crippen LogP contribution in [0.2, 0.25) is 0 Å². The first-order valence-corrected chi connectivity index (χ1v) is 9.03. The Morgan fingerprint density at radius 1 is 1.15 bits per heavy atom. The minimum Gasteiger partial charge on any atom is -0.339 e. The van der Waals surface area contributed by atoms with Gasteiger partial charge >= 0.3 is 0 Å². The van der Waals surface area contributed by atoms with Crippen molar-refractivity contribution in [1.29, 1.82) is 0 Å². The predicted molar refractivity (Wildman–Crippen MR) is 103 cm³/mol. The number of nitro benzene ring substituents is 1. The standard InChI is InChI=1S/C19H14N4O3S/c24-19(18-14-11-13(23(25)26)8-9-15(14)21-22-18)20-17(16-7-4-10-27-16)12-5-2-1-3-6-12/h1-11,17H,(H,20,24)(H,21,22)/t17-/m0/s1. The third-order valence-electron chi connectivity index (χ3n) is 4.21. The molecule has 27 heavy (non-hydrogen) atoms. The van der Waals surface area contributed by atoms with Crippen molar-refractivity contribution in [3.05, 3.63) is 92.3 Å². The zero-order valence-corrected chi connectivity index (χ0v) is 14.8. The maximum absolute atomic E-state index is 12.9. The van der Waals surface area contributed by atoms with Gasteiger partial charge < -0.3 is 5.32 Å². The van der Waals surface area contributed by atoms with Gasteiger partial charge in [0.15, 0.2) is 5.69 Å². The summed E-state index contributed by atoms with van der Waals surface area (Å²) in [4.78, 5) is 24.5. The molecule has 1 atom stereocenters. The largest absolute Gasteiger partial charge is 0.339 e. The lowest BCUT2D eigenvalue weighted by atomic mass is 10.0. The van der Waals surface area contributed by atoms with E-state index in [0.29, 0.717) is 10.9 Å². The average Bonchev–Trinajstić information content (AvgIpc) is 3.36. The van der Waals surface area contributed by atoms with Gasteiger partial charge in [-0.25, -0.2) is 0 Å². The molecule has 2 aromatic carbocycles. The highest BCUT2D eigenvalue weighted by molar-refractivity contribution is 7.10. The Morgan fingerprint density at radius 3 is 2.67 bits per heavy atom. The number of nitrogens with one attached hydrogen (secondary N) is 2. The van der Waals surface area contributed by atoms with E-state index in [4.69, 9.17) is 0 Å². The van der Waals surface area contributed by atoms with Crippen LogP contribution in [0, 0.1) is 10.1 Å². The first-order chi connectivity index (χ1) is 13.1. The van der Waals surface area contributed by atoms with Crippen molar-refractivity contribution in [3.63, 3.8) is 0 Å². The van der Waals surface area contributed by atoms with E-state index in [1.165, 1.54) is 12.1 Å². The molecule has 0 fully saturated rings. The molecule has 2 aromatic heterocycles. The molecule has 8 heteroatoms. The molecule has 4 rings (SSSR count). The summed E-state index contributed by atoms with van der Waals surface area (Å²) in [6.07, 6.45) is 0. The molecule has 0 aliphatic heterocycles. The lowest BCUT2D eigenvalue weighted by Crippen LogP contribution is -2.29. The number of thiophene rings is 1. The van der Waals surface area contributed by atoms with E-state index in [1.54, 1.807) is 17.4 Å². The second-order valence-corrected chi connectivity index (χ2v) is 6.87. The van der Waals surface area contributed by atoms with E-state index in [9.17, 15) is 14.9 Å². The number of benzene rings is 2. The number of fused-ring (bicyclic) bond motifs is 1. The summed E-state index contributed by atoms with van der Waals surface area (Å²) >= 11 is 1.54. The second-order valence-electron chi connectivity index (χ2n) is 5.89. The molecule has 0 saturated heterocycles. The Morgan fingerprint density at radius 2 is 1.96 bits per heavy atom. The molecule has 0 bridgehead atoms. The number of H-pyrrole nitrogens is 1. The number of hydrogen-bond donors (Lipinski definition) is 2. The van der Waals surface area contributed by atoms with Gasteiger partial charge in [-0.2, -0.15) is 5.10 Å². The molecule has 134 valence electrons. The number of carbonyl (C=O) groups is 1. The first kappa shape index (κ1) is 16.9. The van der Waals surface area contributed by atoms with E-state index < -0.39 is 10.8 Å². The molecule has 0 aliphatic carbocycles. The van der Waals surface area contributed by atoms with Gasteiger partial charge in [0.25, 0.3) is 11.6 Å². The summed E-state index contributed by atoms with van der Waals surface area (Å²) in [5.74, 6) is -0.399. The summed E-state index contributed by atoms with van der Waals surface area (Å²) in [5, 5.41) is 23.2. The van der Waals surface area contributed by atoms with E-state index in [2.05, 4.69) is 15.5 Å². The van der Waals surface area contributed by atoms with E-state index in [1.807, 2.05) is 47.8 Å². The van der Waals surface area contributed by atoms with Crippen molar-refractivity contribution in [1.82, 2.24) is 15.5 Å². The monoisotopic (exact) mass is 378 g/mol. The number of amides is 1. The zero-order valence-electron chi connectivity index (χ0n) is 14.0. The third kappa shape index (κ3) is 3.30. The molecule has 0 radical (unpaired) electrons. The predicted octanol–water partition coefficient (Wildman–Crippen LogP) is 4.05. The highest BCUT2D eigenvalue weighted by atomic mass is 32.1. The number of non-ortho nitro benzene ring substituents is 1. The van der Waals surface area contributed by atoms with Crippen molar-refractivity contribution in [2.75, 3.05) is 0 Å². The normalized spacial score (nSPS) is 12.0. The van der Waals surface area contributed by atoms with Crippen LogP contribution in [0.15, 0.2) is 66.0 Å². The molecule has 0 aliphatic rings. The minimum atomic E-state index is -0.494. The van der Waals surface area contributed by atoms with Gasteiger partial charge in [0.1, 0.15) is 0 Å². The Balaban J connectivity index is 1.70. The lowest BCUT2D eigenvalue weighted by molar-refractivity contribution is -0.384. The molecule has 0 saturated carbocycles. The van der Waals surface area contributed by atoms with Crippen LogP contribution in [0.4, 0.5) is 5.69 Å². The molecule has 2 N–H and O–H groups in total. The van der Waals surface area contributed by atoms with Crippen LogP contribution < -0.4 is 5.32 Å². The number of aromatic nitrogens is 2. The van der Waals surface area contributed by atoms with Gasteiger partial charge in [-0.15, -0.1) is 11.3 Å². The van der Waals surface area contributed by atoms with Gasteiger partial charge in [0.2, 0.25) is 0 Å². The number of rotatable bonds is 5. The van der Waals surface area contributed by atoms with E-state index in [0.717, 1.165) is 10.4 Å². The Hall–Kier alpha value is -3.52. The van der Waals surface area contributed by atoms with Crippen LogP contribution in [0.3, 0.4) is 0 Å². The van der Waals surface area contributed by atoms with Crippen LogP contribution in [0.1, 0.15) is 27.0 Å². The molecule has 0 unspecified atom stereocenters. The zero-order chi connectivity index (χ0) is 18.8. The van der Waals surface area contributed by atoms with E-state index >= 15 is 0 Å². The molecule has 1 amide bonds. The summed E-state index contributed by atoms with van der Waals surface area (Å²) in [6.45, 7) is 0. The van der Waals surface area contributed by atoms with Crippen molar-refractivity contribution < 1.29 is 9.72 Å². The highest BCUT2D eigenvalue weighted by Gasteiger charge is 2.22. The fraction of sp³-hybridized carbons (Fsp3) is 0.0526. The van der Waals surface area contributed by atoms with Gasteiger partial charge in [-0.3, -0.25) is 20.0 Å². The number of carbonyl (C=O) groups excluding carboxylic acids is 1. The van der Waals surface area contributed by atoms with Crippen molar-refractivity contribution >= 4 is 33.8 Å². The molecule has 0 spiro atoms. The average molecular weight is 378 g/mol. The summed E-state index contributed by atoms with van der Waals surface area (Å²) in [6, 6.07) is 17.5. The van der Waals surface area contributed by atoms with Crippen molar-refractivity contribution in [2.24, 2.45) is 0 Å². The van der Waals surface area contributed by atoms with Crippen molar-refractivity contribution in [3.8, 4) is 0 Å². The van der Waals surface area contributed by atoms with Crippen LogP contribution >= 0.6 is 11.3 Å². The quantitative estimate of drug-likeness (QED) is 0.404. The molecule has 4 aromatic rings. The van der Waals surface area contributed by atoms with Crippen LogP contribution in [-0.2, 0) is 0 Å². The number of hydrogen-bond acceptors (Lipinski definition) is 5. The second kappa shape index (κ2) is 7.00. The van der Waals surface area contributed by atoms with Crippen LogP contribution in [0.5, 0.6) is 0 Å². The Bertz CT molecular complexity index is 1110. The summed E-state index contributed by atoms with van der Waals surface area (Å²) < 4.78 is 0. The Kier molecular flexibility index (Phi) is 4.39. The number of aromatic amines is 1. The molecule has 2 heterocycles. The topological polar surface area (TPSA) is 101 Å². The van der Waals surface area contributed by atoms with E-state index in [-0.39, 0.29) is 17.4 Å². The van der Waals surface area contributed by atoms with Crippen LogP contribution in [0.25, 0.3) is 10.9 Å².